The van der Waals surface area contributed by atoms with Crippen LogP contribution in [0.5, 0.6) is 0 Å². The van der Waals surface area contributed by atoms with Crippen molar-refractivity contribution < 1.29 is 17.9 Å². The molecule has 3 aromatic rings. The number of carbonyl (C=O) groups is 1. The molecule has 0 radical (unpaired) electrons. The molecule has 0 unspecified atom stereocenters. The van der Waals surface area contributed by atoms with Crippen LogP contribution in [0.4, 0.5) is 5.69 Å². The number of benzene rings is 3. The zero-order valence-corrected chi connectivity index (χ0v) is 17.4. The lowest BCUT2D eigenvalue weighted by Crippen LogP contribution is -2.31. The number of carbonyl (C=O) groups excluding carboxylic acids is 1. The van der Waals surface area contributed by atoms with Gasteiger partial charge in [-0.15, -0.1) is 6.58 Å². The van der Waals surface area contributed by atoms with E-state index in [0.717, 1.165) is 10.8 Å². The molecular weight excluding hydrogens is 410 g/mol. The molecule has 0 fully saturated rings. The average Bonchev–Trinajstić information content (AvgIpc) is 2.71. The quantitative estimate of drug-likeness (QED) is 0.389. The Balaban J connectivity index is 2.05. The van der Waals surface area contributed by atoms with Crippen molar-refractivity contribution >= 4 is 44.1 Å². The summed E-state index contributed by atoms with van der Waals surface area (Å²) < 4.78 is 32.8. The zero-order chi connectivity index (χ0) is 21.0. The molecule has 0 amide bonds. The van der Waals surface area contributed by atoms with E-state index < -0.39 is 16.0 Å². The molecule has 29 heavy (non-hydrogen) atoms. The Morgan fingerprint density at radius 1 is 1.10 bits per heavy atom. The van der Waals surface area contributed by atoms with Gasteiger partial charge < -0.3 is 4.74 Å². The van der Waals surface area contributed by atoms with Crippen LogP contribution in [0.25, 0.3) is 10.8 Å². The number of nitrogens with zero attached hydrogens (tertiary/aromatic N) is 1. The molecule has 0 spiro atoms. The number of sulfonamides is 1. The summed E-state index contributed by atoms with van der Waals surface area (Å²) in [4.78, 5) is 12.1. The highest BCUT2D eigenvalue weighted by atomic mass is 35.5. The van der Waals surface area contributed by atoms with Gasteiger partial charge in [0.05, 0.1) is 34.3 Å². The predicted molar refractivity (Wildman–Crippen MR) is 116 cm³/mol. The highest BCUT2D eigenvalue weighted by Gasteiger charge is 2.25. The first-order valence-corrected chi connectivity index (χ1v) is 10.8. The fourth-order valence-corrected chi connectivity index (χ4v) is 4.66. The van der Waals surface area contributed by atoms with Gasteiger partial charge in [0, 0.05) is 0 Å². The first-order valence-electron chi connectivity index (χ1n) is 8.97. The highest BCUT2D eigenvalue weighted by Crippen LogP contribution is 2.30. The van der Waals surface area contributed by atoms with E-state index in [9.17, 15) is 13.2 Å². The first kappa shape index (κ1) is 20.9. The second-order valence-corrected chi connectivity index (χ2v) is 8.49. The van der Waals surface area contributed by atoms with Crippen molar-refractivity contribution in [2.45, 2.75) is 11.8 Å². The van der Waals surface area contributed by atoms with E-state index in [4.69, 9.17) is 16.3 Å². The lowest BCUT2D eigenvalue weighted by Gasteiger charge is -2.24. The zero-order valence-electron chi connectivity index (χ0n) is 15.8. The van der Waals surface area contributed by atoms with E-state index in [-0.39, 0.29) is 28.6 Å². The van der Waals surface area contributed by atoms with E-state index in [1.807, 2.05) is 24.3 Å². The molecule has 0 aliphatic heterocycles. The minimum absolute atomic E-state index is 0.0459. The summed E-state index contributed by atoms with van der Waals surface area (Å²) in [6.45, 7) is 5.62. The summed E-state index contributed by atoms with van der Waals surface area (Å²) in [5.41, 5.74) is 0.509. The third kappa shape index (κ3) is 4.28. The summed E-state index contributed by atoms with van der Waals surface area (Å²) in [7, 11) is -3.88. The number of rotatable bonds is 7. The molecule has 0 aromatic heterocycles. The van der Waals surface area contributed by atoms with Crippen LogP contribution in [0.15, 0.2) is 78.2 Å². The molecule has 0 heterocycles. The number of anilines is 1. The van der Waals surface area contributed by atoms with Crippen LogP contribution in [-0.4, -0.2) is 27.5 Å². The van der Waals surface area contributed by atoms with Gasteiger partial charge >= 0.3 is 5.97 Å². The van der Waals surface area contributed by atoms with Gasteiger partial charge in [-0.05, 0) is 48.0 Å². The van der Waals surface area contributed by atoms with Crippen LogP contribution in [0.1, 0.15) is 17.3 Å². The van der Waals surface area contributed by atoms with Crippen molar-refractivity contribution in [3.05, 3.63) is 83.9 Å². The van der Waals surface area contributed by atoms with Gasteiger partial charge in [0.15, 0.2) is 0 Å². The Morgan fingerprint density at radius 3 is 2.48 bits per heavy atom. The second kappa shape index (κ2) is 8.68. The molecule has 150 valence electrons. The summed E-state index contributed by atoms with van der Waals surface area (Å²) in [5.74, 6) is -0.559. The van der Waals surface area contributed by atoms with Crippen LogP contribution in [-0.2, 0) is 14.8 Å². The molecule has 0 aliphatic carbocycles. The molecule has 3 rings (SSSR count). The lowest BCUT2D eigenvalue weighted by atomic mass is 10.1. The molecule has 0 atom stereocenters. The maximum Gasteiger partial charge on any atom is 0.339 e. The van der Waals surface area contributed by atoms with Gasteiger partial charge in [0.2, 0.25) is 0 Å². The number of fused-ring (bicyclic) bond motifs is 1. The van der Waals surface area contributed by atoms with E-state index in [1.54, 1.807) is 25.1 Å². The fourth-order valence-electron chi connectivity index (χ4n) is 2.95. The monoisotopic (exact) mass is 429 g/mol. The molecule has 5 nitrogen and oxygen atoms in total. The molecule has 0 saturated carbocycles. The van der Waals surface area contributed by atoms with Gasteiger partial charge in [-0.2, -0.15) is 0 Å². The minimum Gasteiger partial charge on any atom is -0.462 e. The van der Waals surface area contributed by atoms with Crippen LogP contribution in [0.2, 0.25) is 5.02 Å². The Kier molecular flexibility index (Phi) is 6.25. The van der Waals surface area contributed by atoms with Crippen molar-refractivity contribution in [3.8, 4) is 0 Å². The Hall–Kier alpha value is -2.83. The lowest BCUT2D eigenvalue weighted by molar-refractivity contribution is 0.0526. The summed E-state index contributed by atoms with van der Waals surface area (Å²) in [6.07, 6.45) is 1.49. The Morgan fingerprint density at radius 2 is 1.83 bits per heavy atom. The third-order valence-corrected chi connectivity index (χ3v) is 6.44. The number of halogens is 1. The van der Waals surface area contributed by atoms with Crippen LogP contribution in [0, 0.1) is 0 Å². The highest BCUT2D eigenvalue weighted by molar-refractivity contribution is 7.92. The Labute approximate surface area is 175 Å². The average molecular weight is 430 g/mol. The molecule has 0 aliphatic rings. The van der Waals surface area contributed by atoms with Crippen molar-refractivity contribution in [1.29, 1.82) is 0 Å². The summed E-state index contributed by atoms with van der Waals surface area (Å²) in [5, 5.41) is 1.88. The number of hydrogen-bond acceptors (Lipinski definition) is 4. The molecule has 3 aromatic carbocycles. The summed E-state index contributed by atoms with van der Waals surface area (Å²) in [6, 6.07) is 16.9. The molecule has 0 N–H and O–H groups in total. The topological polar surface area (TPSA) is 63.7 Å². The van der Waals surface area contributed by atoms with Crippen LogP contribution in [0.3, 0.4) is 0 Å². The van der Waals surface area contributed by atoms with Gasteiger partial charge in [0.1, 0.15) is 0 Å². The van der Waals surface area contributed by atoms with Crippen molar-refractivity contribution in [2.24, 2.45) is 0 Å². The van der Waals surface area contributed by atoms with Crippen molar-refractivity contribution in [2.75, 3.05) is 17.5 Å². The first-order chi connectivity index (χ1) is 13.9. The van der Waals surface area contributed by atoms with Crippen molar-refractivity contribution in [3.63, 3.8) is 0 Å². The minimum atomic E-state index is -3.88. The largest absolute Gasteiger partial charge is 0.462 e. The molecular formula is C22H20ClNO4S. The fraction of sp³-hybridized carbons (Fsp3) is 0.136. The maximum absolute atomic E-state index is 13.3. The van der Waals surface area contributed by atoms with Gasteiger partial charge in [-0.3, -0.25) is 4.31 Å². The SMILES string of the molecule is C=CCN(c1ccc(C(=O)OCC)c(Cl)c1)S(=O)(=O)c1ccc2ccccc2c1. The molecule has 0 saturated heterocycles. The number of ether oxygens (including phenoxy) is 1. The van der Waals surface area contributed by atoms with Gasteiger partial charge in [-0.25, -0.2) is 13.2 Å². The standard InChI is InChI=1S/C22H20ClNO4S/c1-3-13-24(18-10-12-20(21(23)15-18)22(25)28-4-2)29(26,27)19-11-9-16-7-5-6-8-17(16)14-19/h3,5-12,14-15H,1,4,13H2,2H3. The van der Waals surface area contributed by atoms with Crippen molar-refractivity contribution in [1.82, 2.24) is 0 Å². The van der Waals surface area contributed by atoms with Crippen LogP contribution >= 0.6 is 11.6 Å². The number of hydrogen-bond donors (Lipinski definition) is 0. The third-order valence-electron chi connectivity index (χ3n) is 4.34. The maximum atomic E-state index is 13.3. The summed E-state index contributed by atoms with van der Waals surface area (Å²) >= 11 is 6.23. The Bertz CT molecular complexity index is 1170. The molecule has 7 heteroatoms. The van der Waals surface area contributed by atoms with Gasteiger partial charge in [-0.1, -0.05) is 48.0 Å². The predicted octanol–water partition coefficient (Wildman–Crippen LogP) is 5.05. The van der Waals surface area contributed by atoms with E-state index in [0.29, 0.717) is 5.69 Å². The van der Waals surface area contributed by atoms with Gasteiger partial charge in [0.25, 0.3) is 10.0 Å². The van der Waals surface area contributed by atoms with Crippen LogP contribution < -0.4 is 4.31 Å². The van der Waals surface area contributed by atoms with E-state index in [2.05, 4.69) is 6.58 Å². The normalized spacial score (nSPS) is 11.2. The smallest absolute Gasteiger partial charge is 0.339 e. The number of esters is 1. The molecule has 0 bridgehead atoms. The second-order valence-electron chi connectivity index (χ2n) is 6.22. The van der Waals surface area contributed by atoms with E-state index in [1.165, 1.54) is 28.6 Å². The van der Waals surface area contributed by atoms with E-state index >= 15 is 0 Å².